The molecule has 5 heteroatoms. The summed E-state index contributed by atoms with van der Waals surface area (Å²) in [5.74, 6) is -0.299. The molecule has 0 aliphatic rings. The Kier molecular flexibility index (Phi) is 6.61. The van der Waals surface area contributed by atoms with E-state index >= 15 is 0 Å². The number of carboxylic acid groups (broad SMARTS) is 1. The van der Waals surface area contributed by atoms with E-state index in [-0.39, 0.29) is 5.92 Å². The van der Waals surface area contributed by atoms with Crippen molar-refractivity contribution in [3.05, 3.63) is 0 Å². The monoisotopic (exact) mass is 244 g/mol. The normalized spacial score (nSPS) is 14.5. The minimum absolute atomic E-state index is 0.138. The van der Waals surface area contributed by atoms with Crippen LogP contribution in [0.25, 0.3) is 0 Å². The fraction of sp³-hybridized carbons (Fsp3) is 0.833. The molecule has 0 aliphatic carbocycles. The van der Waals surface area contributed by atoms with E-state index in [0.29, 0.717) is 18.4 Å². The van der Waals surface area contributed by atoms with E-state index in [1.165, 1.54) is 0 Å². The van der Waals surface area contributed by atoms with E-state index in [4.69, 9.17) is 5.11 Å². The summed E-state index contributed by atoms with van der Waals surface area (Å²) < 4.78 is 0. The lowest BCUT2D eigenvalue weighted by Gasteiger charge is -2.20. The summed E-state index contributed by atoms with van der Waals surface area (Å²) >= 11 is 0. The molecule has 0 rings (SSSR count). The van der Waals surface area contributed by atoms with Gasteiger partial charge in [0.2, 0.25) is 0 Å². The van der Waals surface area contributed by atoms with Gasteiger partial charge in [0.1, 0.15) is 6.04 Å². The summed E-state index contributed by atoms with van der Waals surface area (Å²) in [5, 5.41) is 14.1. The molecule has 0 aromatic carbocycles. The summed E-state index contributed by atoms with van der Waals surface area (Å²) in [5.41, 5.74) is 0. The highest BCUT2D eigenvalue weighted by atomic mass is 16.4. The molecule has 0 spiro atoms. The zero-order chi connectivity index (χ0) is 13.6. The molecule has 100 valence electrons. The highest BCUT2D eigenvalue weighted by Crippen LogP contribution is 2.07. The van der Waals surface area contributed by atoms with Crippen molar-refractivity contribution < 1.29 is 14.7 Å². The fourth-order valence-electron chi connectivity index (χ4n) is 1.20. The van der Waals surface area contributed by atoms with Gasteiger partial charge >= 0.3 is 12.0 Å². The molecule has 2 amide bonds. The molecule has 2 atom stereocenters. The molecule has 0 saturated carbocycles. The smallest absolute Gasteiger partial charge is 0.326 e. The number of amides is 2. The van der Waals surface area contributed by atoms with E-state index in [1.807, 2.05) is 6.92 Å². The number of carbonyl (C=O) groups excluding carboxylic acids is 1. The summed E-state index contributed by atoms with van der Waals surface area (Å²) in [6, 6.07) is -1.26. The Balaban J connectivity index is 4.12. The summed E-state index contributed by atoms with van der Waals surface area (Å²) in [4.78, 5) is 22.4. The predicted molar refractivity (Wildman–Crippen MR) is 66.8 cm³/mol. The summed E-state index contributed by atoms with van der Waals surface area (Å²) in [7, 11) is 0. The first-order chi connectivity index (χ1) is 7.75. The van der Waals surface area contributed by atoms with Crippen molar-refractivity contribution in [2.45, 2.75) is 40.7 Å². The standard InChI is InChI=1S/C12H24N2O3/c1-7(2)9(5)6-13-12(17)14-10(8(3)4)11(15)16/h7-10H,6H2,1-5H3,(H,15,16)(H2,13,14,17). The first kappa shape index (κ1) is 15.7. The molecule has 3 N–H and O–H groups in total. The average molecular weight is 244 g/mol. The first-order valence-corrected chi connectivity index (χ1v) is 6.02. The van der Waals surface area contributed by atoms with E-state index in [0.717, 1.165) is 0 Å². The summed E-state index contributed by atoms with van der Waals surface area (Å²) in [6.07, 6.45) is 0. The molecule has 0 aromatic rings. The molecule has 0 fully saturated rings. The quantitative estimate of drug-likeness (QED) is 0.665. The van der Waals surface area contributed by atoms with E-state index in [9.17, 15) is 9.59 Å². The number of nitrogens with one attached hydrogen (secondary N) is 2. The Hall–Kier alpha value is -1.26. The van der Waals surface area contributed by atoms with Crippen LogP contribution in [-0.4, -0.2) is 29.7 Å². The van der Waals surface area contributed by atoms with Gasteiger partial charge in [0.15, 0.2) is 0 Å². The molecule has 0 saturated heterocycles. The molecule has 5 nitrogen and oxygen atoms in total. The van der Waals surface area contributed by atoms with Crippen molar-refractivity contribution in [1.82, 2.24) is 10.6 Å². The average Bonchev–Trinajstić information content (AvgIpc) is 2.21. The Morgan fingerprint density at radius 3 is 1.94 bits per heavy atom. The van der Waals surface area contributed by atoms with Gasteiger partial charge in [0.05, 0.1) is 0 Å². The lowest BCUT2D eigenvalue weighted by molar-refractivity contribution is -0.140. The highest BCUT2D eigenvalue weighted by Gasteiger charge is 2.23. The third-order valence-corrected chi connectivity index (χ3v) is 2.94. The number of rotatable bonds is 6. The second kappa shape index (κ2) is 7.14. The van der Waals surface area contributed by atoms with Crippen LogP contribution in [0.4, 0.5) is 4.79 Å². The number of hydrogen-bond acceptors (Lipinski definition) is 2. The van der Waals surface area contributed by atoms with Crippen LogP contribution in [0.2, 0.25) is 0 Å². The van der Waals surface area contributed by atoms with Crippen molar-refractivity contribution >= 4 is 12.0 Å². The van der Waals surface area contributed by atoms with Crippen molar-refractivity contribution in [2.75, 3.05) is 6.54 Å². The third kappa shape index (κ3) is 6.14. The second-order valence-corrected chi connectivity index (χ2v) is 5.14. The van der Waals surface area contributed by atoms with E-state index in [1.54, 1.807) is 13.8 Å². The van der Waals surface area contributed by atoms with Gasteiger partial charge in [-0.1, -0.05) is 34.6 Å². The molecule has 0 bridgehead atoms. The predicted octanol–water partition coefficient (Wildman–Crippen LogP) is 1.69. The SMILES string of the molecule is CC(C)C(C)CNC(=O)NC(C(=O)O)C(C)C. The van der Waals surface area contributed by atoms with Crippen LogP contribution < -0.4 is 10.6 Å². The van der Waals surface area contributed by atoms with Gasteiger partial charge in [-0.25, -0.2) is 9.59 Å². The van der Waals surface area contributed by atoms with Crippen LogP contribution in [0.5, 0.6) is 0 Å². The molecule has 0 aliphatic heterocycles. The maximum atomic E-state index is 11.5. The lowest BCUT2D eigenvalue weighted by atomic mass is 9.98. The largest absolute Gasteiger partial charge is 0.480 e. The zero-order valence-corrected chi connectivity index (χ0v) is 11.3. The van der Waals surface area contributed by atoms with Crippen LogP contribution in [0.3, 0.4) is 0 Å². The molecular weight excluding hydrogens is 220 g/mol. The van der Waals surface area contributed by atoms with Crippen LogP contribution in [0.1, 0.15) is 34.6 Å². The Morgan fingerprint density at radius 1 is 1.06 bits per heavy atom. The number of aliphatic carboxylic acids is 1. The number of carbonyl (C=O) groups is 2. The maximum Gasteiger partial charge on any atom is 0.326 e. The van der Waals surface area contributed by atoms with E-state index in [2.05, 4.69) is 24.5 Å². The van der Waals surface area contributed by atoms with Gasteiger partial charge in [-0.15, -0.1) is 0 Å². The molecule has 0 heterocycles. The van der Waals surface area contributed by atoms with Gasteiger partial charge < -0.3 is 15.7 Å². The van der Waals surface area contributed by atoms with Gasteiger partial charge in [0, 0.05) is 6.54 Å². The van der Waals surface area contributed by atoms with Gasteiger partial charge in [-0.05, 0) is 17.8 Å². The number of urea groups is 1. The zero-order valence-electron chi connectivity index (χ0n) is 11.3. The minimum Gasteiger partial charge on any atom is -0.480 e. The maximum absolute atomic E-state index is 11.5. The van der Waals surface area contributed by atoms with Crippen molar-refractivity contribution in [1.29, 1.82) is 0 Å². The lowest BCUT2D eigenvalue weighted by Crippen LogP contribution is -2.49. The first-order valence-electron chi connectivity index (χ1n) is 6.02. The van der Waals surface area contributed by atoms with E-state index < -0.39 is 18.0 Å². The molecular formula is C12H24N2O3. The summed E-state index contributed by atoms with van der Waals surface area (Å²) in [6.45, 7) is 10.3. The van der Waals surface area contributed by atoms with Gasteiger partial charge in [-0.2, -0.15) is 0 Å². The van der Waals surface area contributed by atoms with Crippen LogP contribution in [0, 0.1) is 17.8 Å². The fourth-order valence-corrected chi connectivity index (χ4v) is 1.20. The molecule has 17 heavy (non-hydrogen) atoms. The molecule has 0 aromatic heterocycles. The highest BCUT2D eigenvalue weighted by molar-refractivity contribution is 5.82. The minimum atomic E-state index is -1.01. The number of carboxylic acids is 1. The Labute approximate surface area is 103 Å². The third-order valence-electron chi connectivity index (χ3n) is 2.94. The Morgan fingerprint density at radius 2 is 1.59 bits per heavy atom. The van der Waals surface area contributed by atoms with Crippen molar-refractivity contribution in [2.24, 2.45) is 17.8 Å². The molecule has 2 unspecified atom stereocenters. The topological polar surface area (TPSA) is 78.4 Å². The van der Waals surface area contributed by atoms with Crippen molar-refractivity contribution in [3.63, 3.8) is 0 Å². The number of hydrogen-bond donors (Lipinski definition) is 3. The van der Waals surface area contributed by atoms with Gasteiger partial charge in [-0.3, -0.25) is 0 Å². The van der Waals surface area contributed by atoms with Crippen LogP contribution in [-0.2, 0) is 4.79 Å². The van der Waals surface area contributed by atoms with Crippen LogP contribution >= 0.6 is 0 Å². The van der Waals surface area contributed by atoms with Crippen LogP contribution in [0.15, 0.2) is 0 Å². The van der Waals surface area contributed by atoms with Gasteiger partial charge in [0.25, 0.3) is 0 Å². The van der Waals surface area contributed by atoms with Crippen molar-refractivity contribution in [3.8, 4) is 0 Å². The second-order valence-electron chi connectivity index (χ2n) is 5.14. The molecule has 0 radical (unpaired) electrons. The Bertz CT molecular complexity index is 264.